The highest BCUT2D eigenvalue weighted by atomic mass is 16.5. The van der Waals surface area contributed by atoms with Crippen LogP contribution in [0.15, 0.2) is 0 Å². The molecule has 1 saturated carbocycles. The van der Waals surface area contributed by atoms with Crippen molar-refractivity contribution in [1.29, 1.82) is 0 Å². The number of rotatable bonds is 8. The molecular weight excluding hydrogens is 248 g/mol. The van der Waals surface area contributed by atoms with Crippen LogP contribution < -0.4 is 5.32 Å². The van der Waals surface area contributed by atoms with Gasteiger partial charge in [-0.05, 0) is 57.5 Å². The van der Waals surface area contributed by atoms with E-state index in [0.717, 1.165) is 38.3 Å². The van der Waals surface area contributed by atoms with Crippen molar-refractivity contribution < 1.29 is 4.74 Å². The summed E-state index contributed by atoms with van der Waals surface area (Å²) in [5.74, 6) is 1.03. The molecule has 0 aromatic heterocycles. The summed E-state index contributed by atoms with van der Waals surface area (Å²) in [6.45, 7) is 8.92. The monoisotopic (exact) mass is 282 g/mol. The lowest BCUT2D eigenvalue weighted by Crippen LogP contribution is -2.37. The Morgan fingerprint density at radius 2 is 1.80 bits per heavy atom. The molecule has 1 saturated heterocycles. The Morgan fingerprint density at radius 1 is 1.05 bits per heavy atom. The molecule has 0 bridgehead atoms. The standard InChI is InChI=1S/C17H34N2O/c1-2-5-16-6-8-17(9-7-16)18-10-3-4-11-19-12-14-20-15-13-19/h16-18H,2-15H2,1H3. The zero-order valence-corrected chi connectivity index (χ0v) is 13.4. The molecule has 1 N–H and O–H groups in total. The molecule has 1 aliphatic carbocycles. The smallest absolute Gasteiger partial charge is 0.0594 e. The highest BCUT2D eigenvalue weighted by Crippen LogP contribution is 2.27. The van der Waals surface area contributed by atoms with Gasteiger partial charge in [-0.3, -0.25) is 4.90 Å². The molecule has 20 heavy (non-hydrogen) atoms. The summed E-state index contributed by atoms with van der Waals surface area (Å²) < 4.78 is 5.38. The van der Waals surface area contributed by atoms with Crippen molar-refractivity contribution in [3.05, 3.63) is 0 Å². The van der Waals surface area contributed by atoms with Crippen LogP contribution in [0.1, 0.15) is 58.3 Å². The fraction of sp³-hybridized carbons (Fsp3) is 1.00. The normalized spacial score (nSPS) is 28.6. The molecule has 0 spiro atoms. The van der Waals surface area contributed by atoms with Crippen LogP contribution in [-0.4, -0.2) is 50.3 Å². The molecule has 0 aromatic rings. The second kappa shape index (κ2) is 9.75. The number of nitrogens with zero attached hydrogens (tertiary/aromatic N) is 1. The van der Waals surface area contributed by atoms with E-state index < -0.39 is 0 Å². The highest BCUT2D eigenvalue weighted by Gasteiger charge is 2.19. The van der Waals surface area contributed by atoms with Crippen molar-refractivity contribution in [2.45, 2.75) is 64.3 Å². The minimum Gasteiger partial charge on any atom is -0.379 e. The Labute approximate surface area is 125 Å². The van der Waals surface area contributed by atoms with Crippen molar-refractivity contribution in [2.24, 2.45) is 5.92 Å². The lowest BCUT2D eigenvalue weighted by Gasteiger charge is -2.29. The summed E-state index contributed by atoms with van der Waals surface area (Å²) in [7, 11) is 0. The van der Waals surface area contributed by atoms with Crippen LogP contribution in [0.3, 0.4) is 0 Å². The van der Waals surface area contributed by atoms with E-state index in [9.17, 15) is 0 Å². The maximum atomic E-state index is 5.38. The van der Waals surface area contributed by atoms with Crippen LogP contribution in [0.4, 0.5) is 0 Å². The second-order valence-corrected chi connectivity index (χ2v) is 6.62. The summed E-state index contributed by atoms with van der Waals surface area (Å²) in [6.07, 6.45) is 11.2. The van der Waals surface area contributed by atoms with E-state index in [-0.39, 0.29) is 0 Å². The van der Waals surface area contributed by atoms with Crippen molar-refractivity contribution in [1.82, 2.24) is 10.2 Å². The van der Waals surface area contributed by atoms with Crippen molar-refractivity contribution in [3.63, 3.8) is 0 Å². The fourth-order valence-corrected chi connectivity index (χ4v) is 3.65. The summed E-state index contributed by atoms with van der Waals surface area (Å²) in [4.78, 5) is 2.54. The van der Waals surface area contributed by atoms with Gasteiger partial charge in [0.1, 0.15) is 0 Å². The predicted molar refractivity (Wildman–Crippen MR) is 85.1 cm³/mol. The summed E-state index contributed by atoms with van der Waals surface area (Å²) >= 11 is 0. The first-order valence-corrected chi connectivity index (χ1v) is 8.92. The molecule has 0 radical (unpaired) electrons. The van der Waals surface area contributed by atoms with E-state index in [1.54, 1.807) is 0 Å². The van der Waals surface area contributed by atoms with Crippen LogP contribution >= 0.6 is 0 Å². The van der Waals surface area contributed by atoms with E-state index >= 15 is 0 Å². The number of hydrogen-bond acceptors (Lipinski definition) is 3. The summed E-state index contributed by atoms with van der Waals surface area (Å²) in [5.41, 5.74) is 0. The van der Waals surface area contributed by atoms with Crippen molar-refractivity contribution in [2.75, 3.05) is 39.4 Å². The molecule has 3 nitrogen and oxygen atoms in total. The van der Waals surface area contributed by atoms with Gasteiger partial charge in [0.15, 0.2) is 0 Å². The molecule has 2 rings (SSSR count). The number of morpholine rings is 1. The molecule has 2 aliphatic rings. The largest absolute Gasteiger partial charge is 0.379 e. The van der Waals surface area contributed by atoms with E-state index in [0.29, 0.717) is 0 Å². The van der Waals surface area contributed by atoms with E-state index in [2.05, 4.69) is 17.1 Å². The molecule has 1 aliphatic heterocycles. The Balaban J connectivity index is 1.43. The molecule has 0 unspecified atom stereocenters. The first-order chi connectivity index (χ1) is 9.88. The lowest BCUT2D eigenvalue weighted by atomic mass is 9.83. The SMILES string of the molecule is CCCC1CCC(NCCCCN2CCOCC2)CC1. The van der Waals surface area contributed by atoms with Crippen LogP contribution in [0.25, 0.3) is 0 Å². The van der Waals surface area contributed by atoms with Gasteiger partial charge >= 0.3 is 0 Å². The average molecular weight is 282 g/mol. The second-order valence-electron chi connectivity index (χ2n) is 6.62. The van der Waals surface area contributed by atoms with Crippen LogP contribution in [0.2, 0.25) is 0 Å². The Hall–Kier alpha value is -0.120. The molecular formula is C17H34N2O. The van der Waals surface area contributed by atoms with Gasteiger partial charge in [0, 0.05) is 19.1 Å². The molecule has 118 valence electrons. The zero-order chi connectivity index (χ0) is 14.0. The van der Waals surface area contributed by atoms with Crippen molar-refractivity contribution >= 4 is 0 Å². The maximum absolute atomic E-state index is 5.38. The van der Waals surface area contributed by atoms with Crippen molar-refractivity contribution in [3.8, 4) is 0 Å². The third-order valence-electron chi connectivity index (χ3n) is 4.98. The number of ether oxygens (including phenoxy) is 1. The Morgan fingerprint density at radius 3 is 2.50 bits per heavy atom. The minimum absolute atomic E-state index is 0.812. The number of hydrogen-bond donors (Lipinski definition) is 1. The van der Waals surface area contributed by atoms with Crippen LogP contribution in [0, 0.1) is 5.92 Å². The molecule has 2 fully saturated rings. The quantitative estimate of drug-likeness (QED) is 0.693. The molecule has 3 heteroatoms. The third kappa shape index (κ3) is 6.11. The topological polar surface area (TPSA) is 24.5 Å². The first kappa shape index (κ1) is 16.3. The van der Waals surface area contributed by atoms with Crippen LogP contribution in [-0.2, 0) is 4.74 Å². The van der Waals surface area contributed by atoms with Gasteiger partial charge < -0.3 is 10.1 Å². The van der Waals surface area contributed by atoms with E-state index in [1.807, 2.05) is 0 Å². The third-order valence-corrected chi connectivity index (χ3v) is 4.98. The molecule has 0 atom stereocenters. The van der Waals surface area contributed by atoms with Gasteiger partial charge in [0.05, 0.1) is 13.2 Å². The lowest BCUT2D eigenvalue weighted by molar-refractivity contribution is 0.0372. The van der Waals surface area contributed by atoms with Gasteiger partial charge in [-0.15, -0.1) is 0 Å². The summed E-state index contributed by atoms with van der Waals surface area (Å²) in [5, 5.41) is 3.78. The predicted octanol–water partition coefficient (Wildman–Crippen LogP) is 3.05. The molecule has 1 heterocycles. The number of unbranched alkanes of at least 4 members (excludes halogenated alkanes) is 1. The van der Waals surface area contributed by atoms with Gasteiger partial charge in [0.25, 0.3) is 0 Å². The summed E-state index contributed by atoms with van der Waals surface area (Å²) in [6, 6.07) is 0.812. The minimum atomic E-state index is 0.812. The van der Waals surface area contributed by atoms with Gasteiger partial charge in [-0.2, -0.15) is 0 Å². The fourth-order valence-electron chi connectivity index (χ4n) is 3.65. The molecule has 0 aromatic carbocycles. The molecule has 0 amide bonds. The zero-order valence-electron chi connectivity index (χ0n) is 13.4. The Kier molecular flexibility index (Phi) is 7.92. The number of nitrogens with one attached hydrogen (secondary N) is 1. The maximum Gasteiger partial charge on any atom is 0.0594 e. The van der Waals surface area contributed by atoms with E-state index in [4.69, 9.17) is 4.74 Å². The first-order valence-electron chi connectivity index (χ1n) is 8.92. The van der Waals surface area contributed by atoms with E-state index in [1.165, 1.54) is 64.5 Å². The Bertz CT molecular complexity index is 233. The van der Waals surface area contributed by atoms with Gasteiger partial charge in [-0.1, -0.05) is 19.8 Å². The van der Waals surface area contributed by atoms with Crippen LogP contribution in [0.5, 0.6) is 0 Å². The average Bonchev–Trinajstić information content (AvgIpc) is 2.50. The van der Waals surface area contributed by atoms with Gasteiger partial charge in [-0.25, -0.2) is 0 Å². The van der Waals surface area contributed by atoms with Gasteiger partial charge in [0.2, 0.25) is 0 Å². The highest BCUT2D eigenvalue weighted by molar-refractivity contribution is 4.77.